The molecule has 0 unspecified atom stereocenters. The van der Waals surface area contributed by atoms with Gasteiger partial charge in [0.15, 0.2) is 11.1 Å². The number of carbonyl (C=O) groups is 1. The molecule has 1 heterocycles. The zero-order valence-electron chi connectivity index (χ0n) is 9.85. The molecular formula is C9H18N6OS. The van der Waals surface area contributed by atoms with Gasteiger partial charge < -0.3 is 21.3 Å². The van der Waals surface area contributed by atoms with Crippen LogP contribution >= 0.6 is 11.8 Å². The molecule has 1 fully saturated rings. The average molecular weight is 258 g/mol. The molecule has 0 aliphatic carbocycles. The minimum Gasteiger partial charge on any atom is -0.370 e. The molecule has 7 nitrogen and oxygen atoms in total. The molecule has 0 aromatic rings. The van der Waals surface area contributed by atoms with Gasteiger partial charge >= 0.3 is 0 Å². The first-order valence-corrected chi connectivity index (χ1v) is 6.25. The van der Waals surface area contributed by atoms with E-state index in [1.807, 2.05) is 7.05 Å². The van der Waals surface area contributed by atoms with Crippen molar-refractivity contribution in [1.29, 1.82) is 5.41 Å². The number of piperazine rings is 1. The molecule has 0 spiro atoms. The Hall–Kier alpha value is -1.28. The second-order valence-corrected chi connectivity index (χ2v) is 4.78. The number of aliphatic imine (C=N–C) groups is 1. The lowest BCUT2D eigenvalue weighted by molar-refractivity contribution is -0.129. The zero-order chi connectivity index (χ0) is 12.8. The number of rotatable bonds is 2. The molecule has 96 valence electrons. The van der Waals surface area contributed by atoms with Crippen LogP contribution in [0.2, 0.25) is 0 Å². The Labute approximate surface area is 105 Å². The molecule has 0 saturated carbocycles. The van der Waals surface area contributed by atoms with Crippen molar-refractivity contribution in [2.45, 2.75) is 0 Å². The first kappa shape index (κ1) is 13.8. The third-order valence-corrected chi connectivity index (χ3v) is 3.18. The van der Waals surface area contributed by atoms with Gasteiger partial charge in [-0.2, -0.15) is 4.99 Å². The highest BCUT2D eigenvalue weighted by molar-refractivity contribution is 8.14. The first-order chi connectivity index (χ1) is 7.99. The topological polar surface area (TPSA) is 112 Å². The van der Waals surface area contributed by atoms with Crippen LogP contribution in [0.25, 0.3) is 0 Å². The predicted octanol–water partition coefficient (Wildman–Crippen LogP) is -1.30. The molecule has 0 bridgehead atoms. The van der Waals surface area contributed by atoms with Crippen LogP contribution in [0.4, 0.5) is 0 Å². The predicted molar refractivity (Wildman–Crippen MR) is 70.1 cm³/mol. The van der Waals surface area contributed by atoms with E-state index >= 15 is 0 Å². The van der Waals surface area contributed by atoms with Gasteiger partial charge in [0.25, 0.3) is 0 Å². The lowest BCUT2D eigenvalue weighted by atomic mass is 10.3. The first-order valence-electron chi connectivity index (χ1n) is 5.26. The summed E-state index contributed by atoms with van der Waals surface area (Å²) in [6, 6.07) is 0. The number of hydrogen-bond donors (Lipinski definition) is 3. The highest BCUT2D eigenvalue weighted by Crippen LogP contribution is 2.07. The maximum Gasteiger partial charge on any atom is 0.233 e. The van der Waals surface area contributed by atoms with Crippen LogP contribution < -0.4 is 11.5 Å². The van der Waals surface area contributed by atoms with Crippen molar-refractivity contribution in [3.63, 3.8) is 0 Å². The fourth-order valence-electron chi connectivity index (χ4n) is 1.43. The van der Waals surface area contributed by atoms with Crippen LogP contribution in [-0.2, 0) is 4.79 Å². The van der Waals surface area contributed by atoms with E-state index < -0.39 is 0 Å². The van der Waals surface area contributed by atoms with Gasteiger partial charge in [0, 0.05) is 26.2 Å². The number of carbonyl (C=O) groups excluding carboxylic acids is 1. The smallest absolute Gasteiger partial charge is 0.233 e. The largest absolute Gasteiger partial charge is 0.370 e. The molecule has 1 amide bonds. The molecule has 5 N–H and O–H groups in total. The molecule has 17 heavy (non-hydrogen) atoms. The van der Waals surface area contributed by atoms with E-state index in [4.69, 9.17) is 16.9 Å². The van der Waals surface area contributed by atoms with Crippen LogP contribution in [0.15, 0.2) is 4.99 Å². The van der Waals surface area contributed by atoms with Crippen LogP contribution in [-0.4, -0.2) is 65.8 Å². The Morgan fingerprint density at radius 2 is 1.94 bits per heavy atom. The van der Waals surface area contributed by atoms with Crippen LogP contribution in [0.1, 0.15) is 0 Å². The fourth-order valence-corrected chi connectivity index (χ4v) is 2.04. The van der Waals surface area contributed by atoms with E-state index in [0.29, 0.717) is 0 Å². The van der Waals surface area contributed by atoms with Crippen molar-refractivity contribution in [3.05, 3.63) is 0 Å². The zero-order valence-corrected chi connectivity index (χ0v) is 10.7. The summed E-state index contributed by atoms with van der Waals surface area (Å²) in [5.41, 5.74) is 10.3. The summed E-state index contributed by atoms with van der Waals surface area (Å²) >= 11 is 1.04. The summed E-state index contributed by atoms with van der Waals surface area (Å²) in [6.45, 7) is 3.26. The number of thioether (sulfide) groups is 1. The Bertz CT molecular complexity index is 319. The minimum absolute atomic E-state index is 0.0265. The maximum atomic E-state index is 11.8. The Kier molecular flexibility index (Phi) is 5.23. The van der Waals surface area contributed by atoms with E-state index in [1.54, 1.807) is 4.90 Å². The monoisotopic (exact) mass is 258 g/mol. The number of amidine groups is 1. The summed E-state index contributed by atoms with van der Waals surface area (Å²) in [4.78, 5) is 19.3. The molecule has 0 aromatic heterocycles. The Balaban J connectivity index is 2.30. The molecule has 1 rings (SSSR count). The van der Waals surface area contributed by atoms with Gasteiger partial charge in [0.05, 0.1) is 5.75 Å². The van der Waals surface area contributed by atoms with E-state index in [-0.39, 0.29) is 22.8 Å². The second-order valence-electron chi connectivity index (χ2n) is 3.81. The summed E-state index contributed by atoms with van der Waals surface area (Å²) in [7, 11) is 2.03. The van der Waals surface area contributed by atoms with Gasteiger partial charge in [-0.3, -0.25) is 10.2 Å². The highest BCUT2D eigenvalue weighted by atomic mass is 32.2. The number of nitrogens with zero attached hydrogens (tertiary/aromatic N) is 3. The summed E-state index contributed by atoms with van der Waals surface area (Å²) in [5.74, 6) is 0.0764. The highest BCUT2D eigenvalue weighted by Gasteiger charge is 2.19. The van der Waals surface area contributed by atoms with Crippen molar-refractivity contribution in [1.82, 2.24) is 9.80 Å². The molecule has 0 radical (unpaired) electrons. The lowest BCUT2D eigenvalue weighted by Crippen LogP contribution is -2.47. The standard InChI is InChI=1S/C9H18N6OS/c1-14-2-4-15(5-3-14)7(16)6-17-9(12)13-8(10)11/h2-6H2,1H3,(H5,10,11,12,13). The normalized spacial score (nSPS) is 16.6. The number of nitrogens with two attached hydrogens (primary N) is 2. The second kappa shape index (κ2) is 6.45. The molecule has 1 saturated heterocycles. The third kappa shape index (κ3) is 5.05. The molecule has 1 aliphatic rings. The van der Waals surface area contributed by atoms with Crippen LogP contribution in [0.5, 0.6) is 0 Å². The lowest BCUT2D eigenvalue weighted by Gasteiger charge is -2.32. The van der Waals surface area contributed by atoms with Gasteiger partial charge in [-0.1, -0.05) is 11.8 Å². The van der Waals surface area contributed by atoms with Crippen molar-refractivity contribution in [2.75, 3.05) is 39.0 Å². The summed E-state index contributed by atoms with van der Waals surface area (Å²) in [5, 5.41) is 7.36. The van der Waals surface area contributed by atoms with E-state index in [0.717, 1.165) is 37.9 Å². The van der Waals surface area contributed by atoms with E-state index in [9.17, 15) is 4.79 Å². The Morgan fingerprint density at radius 1 is 1.35 bits per heavy atom. The number of likely N-dealkylation sites (N-methyl/N-ethyl adjacent to an activating group) is 1. The SMILES string of the molecule is CN1CCN(C(=O)CSC(=N)N=C(N)N)CC1. The molecule has 0 atom stereocenters. The number of hydrogen-bond acceptors (Lipinski definition) is 4. The quantitative estimate of drug-likeness (QED) is 0.421. The number of nitrogens with one attached hydrogen (secondary N) is 1. The average Bonchev–Trinajstić information content (AvgIpc) is 2.26. The van der Waals surface area contributed by atoms with Gasteiger partial charge in [0.2, 0.25) is 5.91 Å². The molecule has 0 aromatic carbocycles. The third-order valence-electron chi connectivity index (χ3n) is 2.42. The van der Waals surface area contributed by atoms with Crippen LogP contribution in [0.3, 0.4) is 0 Å². The van der Waals surface area contributed by atoms with E-state index in [2.05, 4.69) is 9.89 Å². The van der Waals surface area contributed by atoms with E-state index in [1.165, 1.54) is 0 Å². The van der Waals surface area contributed by atoms with Crippen LogP contribution in [0, 0.1) is 5.41 Å². The minimum atomic E-state index is -0.158. The summed E-state index contributed by atoms with van der Waals surface area (Å²) in [6.07, 6.45) is 0. The van der Waals surface area contributed by atoms with Crippen molar-refractivity contribution >= 4 is 28.8 Å². The number of amides is 1. The molecule has 1 aliphatic heterocycles. The Morgan fingerprint density at radius 3 is 2.47 bits per heavy atom. The van der Waals surface area contributed by atoms with Crippen molar-refractivity contribution < 1.29 is 4.79 Å². The van der Waals surface area contributed by atoms with Gasteiger partial charge in [-0.05, 0) is 7.05 Å². The van der Waals surface area contributed by atoms with Crippen molar-refractivity contribution in [2.24, 2.45) is 16.5 Å². The van der Waals surface area contributed by atoms with Gasteiger partial charge in [0.1, 0.15) is 0 Å². The fraction of sp³-hybridized carbons (Fsp3) is 0.667. The van der Waals surface area contributed by atoms with Crippen molar-refractivity contribution in [3.8, 4) is 0 Å². The molecule has 8 heteroatoms. The molecular weight excluding hydrogens is 240 g/mol. The number of guanidine groups is 1. The van der Waals surface area contributed by atoms with Gasteiger partial charge in [-0.25, -0.2) is 0 Å². The summed E-state index contributed by atoms with van der Waals surface area (Å²) < 4.78 is 0. The maximum absolute atomic E-state index is 11.8. The van der Waals surface area contributed by atoms with Gasteiger partial charge in [-0.15, -0.1) is 0 Å².